The van der Waals surface area contributed by atoms with Gasteiger partial charge in [-0.15, -0.1) is 0 Å². The second-order valence-corrected chi connectivity index (χ2v) is 4.29. The molecular weight excluding hydrogens is 238 g/mol. The minimum atomic E-state index is 0.0731. The van der Waals surface area contributed by atoms with Crippen LogP contribution in [0.15, 0.2) is 18.2 Å². The van der Waals surface area contributed by atoms with E-state index in [1.54, 1.807) is 6.07 Å². The first-order valence-electron chi connectivity index (χ1n) is 5.79. The number of carbonyl (C=O) groups excluding carboxylic acids is 1. The maximum Gasteiger partial charge on any atom is 0.220 e. The summed E-state index contributed by atoms with van der Waals surface area (Å²) in [7, 11) is 0. The smallest absolute Gasteiger partial charge is 0.220 e. The van der Waals surface area contributed by atoms with Crippen LogP contribution >= 0.6 is 11.6 Å². The average Bonchev–Trinajstić information content (AvgIpc) is 2.27. The van der Waals surface area contributed by atoms with Crippen molar-refractivity contribution < 1.29 is 9.53 Å². The summed E-state index contributed by atoms with van der Waals surface area (Å²) >= 11 is 5.84. The highest BCUT2D eigenvalue weighted by atomic mass is 35.5. The Kier molecular flexibility index (Phi) is 5.84. The molecule has 1 aromatic carbocycles. The van der Waals surface area contributed by atoms with Gasteiger partial charge in [0.05, 0.1) is 6.54 Å². The van der Waals surface area contributed by atoms with Crippen molar-refractivity contribution in [3.05, 3.63) is 28.8 Å². The number of amides is 1. The SMILES string of the molecule is CCCC(=O)NCCOc1ccc(Cl)cc1C. The second-order valence-electron chi connectivity index (χ2n) is 3.86. The van der Waals surface area contributed by atoms with E-state index < -0.39 is 0 Å². The Hall–Kier alpha value is -1.22. The molecule has 1 N–H and O–H groups in total. The molecule has 1 aromatic rings. The van der Waals surface area contributed by atoms with Crippen molar-refractivity contribution in [3.8, 4) is 5.75 Å². The summed E-state index contributed by atoms with van der Waals surface area (Å²) in [5.74, 6) is 0.878. The lowest BCUT2D eigenvalue weighted by Gasteiger charge is -2.09. The van der Waals surface area contributed by atoms with Crippen LogP contribution in [0.5, 0.6) is 5.75 Å². The number of rotatable bonds is 6. The van der Waals surface area contributed by atoms with E-state index in [1.807, 2.05) is 26.0 Å². The molecule has 0 unspecified atom stereocenters. The van der Waals surface area contributed by atoms with Crippen LogP contribution in [-0.2, 0) is 4.79 Å². The zero-order valence-electron chi connectivity index (χ0n) is 10.3. The second kappa shape index (κ2) is 7.17. The maximum absolute atomic E-state index is 11.2. The number of aryl methyl sites for hydroxylation is 1. The van der Waals surface area contributed by atoms with Crippen molar-refractivity contribution in [1.82, 2.24) is 5.32 Å². The first-order chi connectivity index (χ1) is 8.13. The third kappa shape index (κ3) is 5.09. The van der Waals surface area contributed by atoms with Crippen LogP contribution in [0.1, 0.15) is 25.3 Å². The van der Waals surface area contributed by atoms with Crippen LogP contribution in [0.4, 0.5) is 0 Å². The molecule has 0 atom stereocenters. The summed E-state index contributed by atoms with van der Waals surface area (Å²) in [6.45, 7) is 4.92. The Morgan fingerprint density at radius 1 is 1.47 bits per heavy atom. The van der Waals surface area contributed by atoms with Gasteiger partial charge in [-0.25, -0.2) is 0 Å². The molecule has 0 aliphatic carbocycles. The highest BCUT2D eigenvalue weighted by Crippen LogP contribution is 2.21. The van der Waals surface area contributed by atoms with Gasteiger partial charge in [-0.2, -0.15) is 0 Å². The summed E-state index contributed by atoms with van der Waals surface area (Å²) in [5, 5.41) is 3.49. The molecule has 3 nitrogen and oxygen atoms in total. The molecule has 0 bridgehead atoms. The molecule has 0 aliphatic rings. The Bertz CT molecular complexity index is 380. The van der Waals surface area contributed by atoms with Crippen LogP contribution < -0.4 is 10.1 Å². The van der Waals surface area contributed by atoms with Crippen LogP contribution in [-0.4, -0.2) is 19.1 Å². The topological polar surface area (TPSA) is 38.3 Å². The predicted octanol–water partition coefficient (Wildman–Crippen LogP) is 2.94. The molecule has 0 fully saturated rings. The Labute approximate surface area is 107 Å². The van der Waals surface area contributed by atoms with E-state index in [1.165, 1.54) is 0 Å². The van der Waals surface area contributed by atoms with Crippen molar-refractivity contribution in [1.29, 1.82) is 0 Å². The van der Waals surface area contributed by atoms with E-state index in [9.17, 15) is 4.79 Å². The van der Waals surface area contributed by atoms with E-state index in [4.69, 9.17) is 16.3 Å². The Morgan fingerprint density at radius 2 is 2.24 bits per heavy atom. The van der Waals surface area contributed by atoms with Gasteiger partial charge in [0.25, 0.3) is 0 Å². The molecule has 0 aliphatic heterocycles. The van der Waals surface area contributed by atoms with Crippen molar-refractivity contribution in [2.24, 2.45) is 0 Å². The van der Waals surface area contributed by atoms with Crippen LogP contribution in [0.3, 0.4) is 0 Å². The molecular formula is C13H18ClNO2. The summed E-state index contributed by atoms with van der Waals surface area (Å²) in [6, 6.07) is 5.48. The molecule has 0 aromatic heterocycles. The predicted molar refractivity (Wildman–Crippen MR) is 69.6 cm³/mol. The first kappa shape index (κ1) is 13.8. The van der Waals surface area contributed by atoms with Gasteiger partial charge in [0.2, 0.25) is 5.91 Å². The summed E-state index contributed by atoms with van der Waals surface area (Å²) < 4.78 is 5.55. The van der Waals surface area contributed by atoms with E-state index in [0.717, 1.165) is 17.7 Å². The molecule has 0 radical (unpaired) electrons. The largest absolute Gasteiger partial charge is 0.491 e. The third-order valence-electron chi connectivity index (χ3n) is 2.30. The quantitative estimate of drug-likeness (QED) is 0.794. The fourth-order valence-electron chi connectivity index (χ4n) is 1.44. The first-order valence-corrected chi connectivity index (χ1v) is 6.17. The number of halogens is 1. The zero-order chi connectivity index (χ0) is 12.7. The number of nitrogens with one attached hydrogen (secondary N) is 1. The minimum Gasteiger partial charge on any atom is -0.491 e. The molecule has 0 saturated carbocycles. The Morgan fingerprint density at radius 3 is 2.88 bits per heavy atom. The van der Waals surface area contributed by atoms with E-state index in [0.29, 0.717) is 24.6 Å². The number of hydrogen-bond donors (Lipinski definition) is 1. The molecule has 0 saturated heterocycles. The van der Waals surface area contributed by atoms with Crippen molar-refractivity contribution >= 4 is 17.5 Å². The fourth-order valence-corrected chi connectivity index (χ4v) is 1.67. The lowest BCUT2D eigenvalue weighted by molar-refractivity contribution is -0.121. The van der Waals surface area contributed by atoms with Crippen molar-refractivity contribution in [3.63, 3.8) is 0 Å². The molecule has 1 amide bonds. The summed E-state index contributed by atoms with van der Waals surface area (Å²) in [6.07, 6.45) is 1.43. The number of benzene rings is 1. The van der Waals surface area contributed by atoms with Gasteiger partial charge in [0.15, 0.2) is 0 Å². The molecule has 1 rings (SSSR count). The van der Waals surface area contributed by atoms with E-state index in [2.05, 4.69) is 5.32 Å². The van der Waals surface area contributed by atoms with Crippen molar-refractivity contribution in [2.75, 3.05) is 13.2 Å². The normalized spacial score (nSPS) is 10.1. The van der Waals surface area contributed by atoms with E-state index >= 15 is 0 Å². The Balaban J connectivity index is 2.29. The van der Waals surface area contributed by atoms with Crippen LogP contribution in [0.25, 0.3) is 0 Å². The van der Waals surface area contributed by atoms with Gasteiger partial charge in [-0.3, -0.25) is 4.79 Å². The van der Waals surface area contributed by atoms with Crippen LogP contribution in [0, 0.1) is 6.92 Å². The zero-order valence-corrected chi connectivity index (χ0v) is 11.0. The van der Waals surface area contributed by atoms with Gasteiger partial charge in [0.1, 0.15) is 12.4 Å². The minimum absolute atomic E-state index is 0.0731. The number of ether oxygens (including phenoxy) is 1. The molecule has 94 valence electrons. The number of hydrogen-bond acceptors (Lipinski definition) is 2. The van der Waals surface area contributed by atoms with Gasteiger partial charge in [-0.05, 0) is 37.1 Å². The standard InChI is InChI=1S/C13H18ClNO2/c1-3-4-13(16)15-7-8-17-12-6-5-11(14)9-10(12)2/h5-6,9H,3-4,7-8H2,1-2H3,(H,15,16). The highest BCUT2D eigenvalue weighted by Gasteiger charge is 2.01. The molecule has 0 heterocycles. The van der Waals surface area contributed by atoms with Crippen LogP contribution in [0.2, 0.25) is 5.02 Å². The lowest BCUT2D eigenvalue weighted by Crippen LogP contribution is -2.27. The highest BCUT2D eigenvalue weighted by molar-refractivity contribution is 6.30. The molecule has 4 heteroatoms. The fraction of sp³-hybridized carbons (Fsp3) is 0.462. The summed E-state index contributed by atoms with van der Waals surface area (Å²) in [5.41, 5.74) is 0.998. The summed E-state index contributed by atoms with van der Waals surface area (Å²) in [4.78, 5) is 11.2. The number of carbonyl (C=O) groups is 1. The molecule has 17 heavy (non-hydrogen) atoms. The van der Waals surface area contributed by atoms with Gasteiger partial charge >= 0.3 is 0 Å². The maximum atomic E-state index is 11.2. The lowest BCUT2D eigenvalue weighted by atomic mass is 10.2. The average molecular weight is 256 g/mol. The molecule has 0 spiro atoms. The van der Waals surface area contributed by atoms with Crippen molar-refractivity contribution in [2.45, 2.75) is 26.7 Å². The monoisotopic (exact) mass is 255 g/mol. The van der Waals surface area contributed by atoms with E-state index in [-0.39, 0.29) is 5.91 Å². The van der Waals surface area contributed by atoms with Gasteiger partial charge < -0.3 is 10.1 Å². The van der Waals surface area contributed by atoms with Gasteiger partial charge in [0, 0.05) is 11.4 Å². The van der Waals surface area contributed by atoms with Gasteiger partial charge in [-0.1, -0.05) is 18.5 Å². The third-order valence-corrected chi connectivity index (χ3v) is 2.53.